The first-order valence-electron chi connectivity index (χ1n) is 4.55. The van der Waals surface area contributed by atoms with Gasteiger partial charge in [0.05, 0.1) is 6.10 Å². The lowest BCUT2D eigenvalue weighted by Gasteiger charge is -2.09. The van der Waals surface area contributed by atoms with Gasteiger partial charge in [-0.2, -0.15) is 0 Å². The first kappa shape index (κ1) is 9.69. The predicted molar refractivity (Wildman–Crippen MR) is 62.3 cm³/mol. The topological polar surface area (TPSA) is 20.2 Å². The lowest BCUT2D eigenvalue weighted by Crippen LogP contribution is -1.91. The van der Waals surface area contributed by atoms with Gasteiger partial charge in [0.2, 0.25) is 0 Å². The molecule has 0 saturated heterocycles. The predicted octanol–water partition coefficient (Wildman–Crippen LogP) is 3.66. The largest absolute Gasteiger partial charge is 0.389 e. The van der Waals surface area contributed by atoms with Crippen LogP contribution in [0, 0.1) is 0 Å². The molecule has 2 aromatic rings. The van der Waals surface area contributed by atoms with Gasteiger partial charge in [-0.1, -0.05) is 40.2 Å². The molecule has 2 aromatic carbocycles. The molecule has 1 nitrogen and oxygen atoms in total. The minimum atomic E-state index is -0.423. The molecule has 1 N–H and O–H groups in total. The lowest BCUT2D eigenvalue weighted by atomic mass is 10.0. The Bertz CT molecular complexity index is 463. The van der Waals surface area contributed by atoms with Crippen LogP contribution in [0.3, 0.4) is 0 Å². The summed E-state index contributed by atoms with van der Waals surface area (Å²) in [4.78, 5) is 0. The summed E-state index contributed by atoms with van der Waals surface area (Å²) in [5.41, 5.74) is 0.976. The van der Waals surface area contributed by atoms with Crippen molar-refractivity contribution in [1.29, 1.82) is 0 Å². The van der Waals surface area contributed by atoms with Crippen LogP contribution >= 0.6 is 15.9 Å². The van der Waals surface area contributed by atoms with Gasteiger partial charge < -0.3 is 5.11 Å². The van der Waals surface area contributed by atoms with Crippen molar-refractivity contribution in [3.05, 3.63) is 46.4 Å². The Kier molecular flexibility index (Phi) is 2.57. The molecule has 0 amide bonds. The molecule has 0 radical (unpaired) electrons. The first-order chi connectivity index (χ1) is 6.68. The van der Waals surface area contributed by atoms with Crippen molar-refractivity contribution < 1.29 is 5.11 Å². The number of aliphatic hydroxyl groups is 1. The van der Waals surface area contributed by atoms with Crippen LogP contribution in [0.25, 0.3) is 10.8 Å². The van der Waals surface area contributed by atoms with E-state index in [4.69, 9.17) is 0 Å². The average Bonchev–Trinajstić information content (AvgIpc) is 2.16. The van der Waals surface area contributed by atoms with E-state index >= 15 is 0 Å². The summed E-state index contributed by atoms with van der Waals surface area (Å²) in [6, 6.07) is 12.1. The van der Waals surface area contributed by atoms with Crippen LogP contribution in [0.4, 0.5) is 0 Å². The molecule has 0 aliphatic rings. The summed E-state index contributed by atoms with van der Waals surface area (Å²) in [5, 5.41) is 11.9. The number of fused-ring (bicyclic) bond motifs is 1. The molecule has 0 bridgehead atoms. The highest BCUT2D eigenvalue weighted by Gasteiger charge is 2.05. The van der Waals surface area contributed by atoms with Crippen molar-refractivity contribution in [3.63, 3.8) is 0 Å². The second-order valence-electron chi connectivity index (χ2n) is 3.39. The van der Waals surface area contributed by atoms with Crippen LogP contribution in [-0.2, 0) is 0 Å². The molecular formula is C12H11BrO. The average molecular weight is 251 g/mol. The zero-order valence-corrected chi connectivity index (χ0v) is 9.45. The molecule has 2 heteroatoms. The maximum Gasteiger partial charge on any atom is 0.0767 e. The Labute approximate surface area is 91.5 Å². The van der Waals surface area contributed by atoms with E-state index in [1.165, 1.54) is 0 Å². The molecule has 1 unspecified atom stereocenters. The lowest BCUT2D eigenvalue weighted by molar-refractivity contribution is 0.201. The van der Waals surface area contributed by atoms with Crippen LogP contribution in [-0.4, -0.2) is 5.11 Å². The monoisotopic (exact) mass is 250 g/mol. The minimum absolute atomic E-state index is 0.423. The summed E-state index contributed by atoms with van der Waals surface area (Å²) < 4.78 is 1.04. The van der Waals surface area contributed by atoms with Crippen molar-refractivity contribution in [2.24, 2.45) is 0 Å². The van der Waals surface area contributed by atoms with E-state index in [-0.39, 0.29) is 0 Å². The highest BCUT2D eigenvalue weighted by Crippen LogP contribution is 2.26. The highest BCUT2D eigenvalue weighted by atomic mass is 79.9. The van der Waals surface area contributed by atoms with Crippen LogP contribution in [0.2, 0.25) is 0 Å². The maximum atomic E-state index is 9.60. The molecule has 72 valence electrons. The molecule has 0 aromatic heterocycles. The quantitative estimate of drug-likeness (QED) is 0.820. The van der Waals surface area contributed by atoms with Crippen molar-refractivity contribution in [3.8, 4) is 0 Å². The van der Waals surface area contributed by atoms with Crippen molar-refractivity contribution in [1.82, 2.24) is 0 Å². The Balaban J connectivity index is 2.77. The van der Waals surface area contributed by atoms with Gasteiger partial charge in [0.15, 0.2) is 0 Å². The van der Waals surface area contributed by atoms with Gasteiger partial charge in [-0.05, 0) is 35.4 Å². The van der Waals surface area contributed by atoms with Gasteiger partial charge in [0.1, 0.15) is 0 Å². The highest BCUT2D eigenvalue weighted by molar-refractivity contribution is 9.10. The van der Waals surface area contributed by atoms with E-state index in [1.807, 2.05) is 36.4 Å². The summed E-state index contributed by atoms with van der Waals surface area (Å²) in [5.74, 6) is 0. The van der Waals surface area contributed by atoms with Crippen LogP contribution in [0.1, 0.15) is 18.6 Å². The van der Waals surface area contributed by atoms with Crippen molar-refractivity contribution >= 4 is 26.7 Å². The van der Waals surface area contributed by atoms with Gasteiger partial charge in [-0.15, -0.1) is 0 Å². The number of hydrogen-bond acceptors (Lipinski definition) is 1. The SMILES string of the molecule is CC(O)c1cccc2ccc(Br)cc12. The minimum Gasteiger partial charge on any atom is -0.389 e. The van der Waals surface area contributed by atoms with Crippen molar-refractivity contribution in [2.75, 3.05) is 0 Å². The normalized spacial score (nSPS) is 13.1. The van der Waals surface area contributed by atoms with Crippen LogP contribution in [0.15, 0.2) is 40.9 Å². The number of benzene rings is 2. The van der Waals surface area contributed by atoms with Crippen LogP contribution in [0.5, 0.6) is 0 Å². The van der Waals surface area contributed by atoms with Gasteiger partial charge >= 0.3 is 0 Å². The molecule has 0 heterocycles. The van der Waals surface area contributed by atoms with Gasteiger partial charge in [0, 0.05) is 4.47 Å². The standard InChI is InChI=1S/C12H11BrO/c1-8(14)11-4-2-3-9-5-6-10(13)7-12(9)11/h2-8,14H,1H3. The summed E-state index contributed by atoms with van der Waals surface area (Å²) in [6.45, 7) is 1.79. The molecule has 0 fully saturated rings. The molecule has 0 saturated carbocycles. The molecule has 0 spiro atoms. The Morgan fingerprint density at radius 1 is 1.21 bits per heavy atom. The van der Waals surface area contributed by atoms with E-state index in [1.54, 1.807) is 6.92 Å². The number of rotatable bonds is 1. The smallest absolute Gasteiger partial charge is 0.0767 e. The zero-order chi connectivity index (χ0) is 10.1. The van der Waals surface area contributed by atoms with E-state index < -0.39 is 6.10 Å². The third kappa shape index (κ3) is 1.68. The van der Waals surface area contributed by atoms with Gasteiger partial charge in [-0.25, -0.2) is 0 Å². The molecule has 1 atom stereocenters. The van der Waals surface area contributed by atoms with Crippen molar-refractivity contribution in [2.45, 2.75) is 13.0 Å². The van der Waals surface area contributed by atoms with E-state index in [0.717, 1.165) is 20.8 Å². The molecule has 2 rings (SSSR count). The van der Waals surface area contributed by atoms with E-state index in [2.05, 4.69) is 15.9 Å². The second kappa shape index (κ2) is 3.71. The van der Waals surface area contributed by atoms with Gasteiger partial charge in [0.25, 0.3) is 0 Å². The molecular weight excluding hydrogens is 240 g/mol. The van der Waals surface area contributed by atoms with Gasteiger partial charge in [-0.3, -0.25) is 0 Å². The van der Waals surface area contributed by atoms with E-state index in [0.29, 0.717) is 0 Å². The second-order valence-corrected chi connectivity index (χ2v) is 4.30. The zero-order valence-electron chi connectivity index (χ0n) is 7.87. The number of aliphatic hydroxyl groups excluding tert-OH is 1. The summed E-state index contributed by atoms with van der Waals surface area (Å²) in [6.07, 6.45) is -0.423. The number of halogens is 1. The Morgan fingerprint density at radius 3 is 2.71 bits per heavy atom. The van der Waals surface area contributed by atoms with E-state index in [9.17, 15) is 5.11 Å². The third-order valence-corrected chi connectivity index (χ3v) is 2.82. The summed E-state index contributed by atoms with van der Waals surface area (Å²) in [7, 11) is 0. The maximum absolute atomic E-state index is 9.60. The molecule has 0 aliphatic heterocycles. The Morgan fingerprint density at radius 2 is 2.00 bits per heavy atom. The fourth-order valence-electron chi connectivity index (χ4n) is 1.63. The fourth-order valence-corrected chi connectivity index (χ4v) is 1.99. The molecule has 0 aliphatic carbocycles. The number of hydrogen-bond donors (Lipinski definition) is 1. The third-order valence-electron chi connectivity index (χ3n) is 2.33. The molecule has 14 heavy (non-hydrogen) atoms. The first-order valence-corrected chi connectivity index (χ1v) is 5.34. The summed E-state index contributed by atoms with van der Waals surface area (Å²) >= 11 is 3.43. The van der Waals surface area contributed by atoms with Crippen LogP contribution < -0.4 is 0 Å². The Hall–Kier alpha value is -0.860. The fraction of sp³-hybridized carbons (Fsp3) is 0.167.